The minimum absolute atomic E-state index is 0. The fourth-order valence-electron chi connectivity index (χ4n) is 4.77. The maximum absolute atomic E-state index is 14.6. The predicted molar refractivity (Wildman–Crippen MR) is 161 cm³/mol. The number of carbonyl (C=O) groups excluding carboxylic acids is 1. The van der Waals surface area contributed by atoms with Gasteiger partial charge in [-0.05, 0) is 69.2 Å². The average Bonchev–Trinajstić information content (AvgIpc) is 3.48. The van der Waals surface area contributed by atoms with Crippen molar-refractivity contribution < 1.29 is 15.0 Å². The van der Waals surface area contributed by atoms with Gasteiger partial charge in [-0.2, -0.15) is 15.3 Å². The van der Waals surface area contributed by atoms with Crippen molar-refractivity contribution in [3.05, 3.63) is 89.3 Å². The van der Waals surface area contributed by atoms with Gasteiger partial charge in [0.05, 0.1) is 17.8 Å². The third-order valence-corrected chi connectivity index (χ3v) is 7.12. The van der Waals surface area contributed by atoms with E-state index in [-0.39, 0.29) is 30.4 Å². The summed E-state index contributed by atoms with van der Waals surface area (Å²) < 4.78 is 29.1. The van der Waals surface area contributed by atoms with Crippen molar-refractivity contribution >= 4 is 11.6 Å². The number of nitrogens with zero attached hydrogens (tertiary/aromatic N) is 5. The first-order valence-electron chi connectivity index (χ1n) is 14.4. The fraction of sp³-hybridized carbons (Fsp3) is 0.406. The quantitative estimate of drug-likeness (QED) is 0.209. The summed E-state index contributed by atoms with van der Waals surface area (Å²) in [5, 5.41) is 14.9. The number of carbonyl (C=O) groups is 1. The molecular formula is C32H42F2N6O. The average molecular weight is 565 g/mol. The van der Waals surface area contributed by atoms with E-state index in [1.807, 2.05) is 50.8 Å². The van der Waals surface area contributed by atoms with Crippen LogP contribution in [0.2, 0.25) is 0 Å². The van der Waals surface area contributed by atoms with Gasteiger partial charge in [0.1, 0.15) is 18.0 Å². The van der Waals surface area contributed by atoms with Gasteiger partial charge in [-0.15, -0.1) is 0 Å². The zero-order valence-electron chi connectivity index (χ0n) is 24.6. The highest BCUT2D eigenvalue weighted by Gasteiger charge is 2.23. The predicted octanol–water partition coefficient (Wildman–Crippen LogP) is 8.36. The summed E-state index contributed by atoms with van der Waals surface area (Å²) in [6.45, 7) is 11.5. The number of allylic oxidation sites excluding steroid dienone is 2. The second-order valence-electron chi connectivity index (χ2n) is 9.71. The van der Waals surface area contributed by atoms with Crippen molar-refractivity contribution in [1.29, 1.82) is 0 Å². The molecule has 2 atom stereocenters. The van der Waals surface area contributed by atoms with E-state index in [1.165, 1.54) is 30.1 Å². The number of benzene rings is 2. The number of aromatic nitrogens is 3. The van der Waals surface area contributed by atoms with Crippen LogP contribution in [-0.2, 0) is 0 Å². The first kappa shape index (κ1) is 31.5. The second kappa shape index (κ2) is 15.7. The monoisotopic (exact) mass is 564 g/mol. The van der Waals surface area contributed by atoms with Crippen LogP contribution in [0.25, 0.3) is 17.1 Å². The summed E-state index contributed by atoms with van der Waals surface area (Å²) in [4.78, 5) is 19.3. The molecule has 2 aromatic carbocycles. The number of rotatable bonds is 9. The van der Waals surface area contributed by atoms with Gasteiger partial charge in [0.2, 0.25) is 0 Å². The van der Waals surface area contributed by atoms with E-state index >= 15 is 0 Å². The summed E-state index contributed by atoms with van der Waals surface area (Å²) in [6, 6.07) is 11.1. The summed E-state index contributed by atoms with van der Waals surface area (Å²) in [5.74, 6) is -0.399. The number of hydrogen-bond donors (Lipinski definition) is 1. The Morgan fingerprint density at radius 1 is 1.15 bits per heavy atom. The molecule has 7 nitrogen and oxygen atoms in total. The number of H-pyrrole nitrogens is 1. The van der Waals surface area contributed by atoms with E-state index in [0.717, 1.165) is 18.4 Å². The number of azo groups is 1. The van der Waals surface area contributed by atoms with E-state index < -0.39 is 11.6 Å². The van der Waals surface area contributed by atoms with Gasteiger partial charge in [-0.1, -0.05) is 56.7 Å². The normalized spacial score (nSPS) is 17.4. The fourth-order valence-corrected chi connectivity index (χ4v) is 4.77. The molecule has 0 saturated heterocycles. The molecule has 0 aliphatic heterocycles. The van der Waals surface area contributed by atoms with Crippen LogP contribution >= 0.6 is 0 Å². The van der Waals surface area contributed by atoms with Crippen molar-refractivity contribution in [2.24, 2.45) is 22.1 Å². The first-order chi connectivity index (χ1) is 19.9. The molecule has 0 spiro atoms. The number of hydrogen-bond acceptors (Lipinski definition) is 5. The van der Waals surface area contributed by atoms with E-state index in [9.17, 15) is 13.6 Å². The molecule has 1 unspecified atom stereocenters. The summed E-state index contributed by atoms with van der Waals surface area (Å²) >= 11 is 0. The molecule has 0 bridgehead atoms. The molecule has 0 fully saturated rings. The van der Waals surface area contributed by atoms with Gasteiger partial charge in [0.25, 0.3) is 5.91 Å². The highest BCUT2D eigenvalue weighted by molar-refractivity contribution is 5.94. The summed E-state index contributed by atoms with van der Waals surface area (Å²) in [7, 11) is 0. The maximum Gasteiger partial charge on any atom is 0.254 e. The van der Waals surface area contributed by atoms with Gasteiger partial charge >= 0.3 is 0 Å². The number of halogens is 2. The van der Waals surface area contributed by atoms with Crippen molar-refractivity contribution in [1.82, 2.24) is 20.1 Å². The lowest BCUT2D eigenvalue weighted by Gasteiger charge is -2.23. The Balaban J connectivity index is 0.00000201. The molecular weight excluding hydrogens is 522 g/mol. The van der Waals surface area contributed by atoms with Gasteiger partial charge in [0, 0.05) is 25.6 Å². The van der Waals surface area contributed by atoms with Crippen LogP contribution in [0.3, 0.4) is 0 Å². The number of amides is 1. The zero-order valence-corrected chi connectivity index (χ0v) is 24.6. The molecule has 41 heavy (non-hydrogen) atoms. The molecule has 3 aromatic rings. The molecule has 0 saturated carbocycles. The standard InChI is InChI=1S/C30H34F2N6O.C2H6.H2/c1-4-34-36-27(28-25(31)7-6-8-26(28)32)17-24-12-11-21(10-9-20(24)3)18-38(5-2)30(39)23-15-13-22(14-16-23)29-33-19-35-37-29;1-2;/h6-8,11,13-17,19-20,24H,4-5,9-10,12,18H2,1-3H3,(H,33,35,37);1-2H3;1H/b27-17-,36-34?;;/t20?,24-;;/m0../s1. The molecule has 1 heterocycles. The topological polar surface area (TPSA) is 86.6 Å². The smallest absolute Gasteiger partial charge is 0.254 e. The first-order valence-corrected chi connectivity index (χ1v) is 14.4. The molecule has 1 N–H and O–H groups in total. The summed E-state index contributed by atoms with van der Waals surface area (Å²) in [6.07, 6.45) is 7.89. The lowest BCUT2D eigenvalue weighted by Crippen LogP contribution is -2.32. The molecule has 1 amide bonds. The third-order valence-electron chi connectivity index (χ3n) is 7.12. The van der Waals surface area contributed by atoms with Gasteiger partial charge < -0.3 is 4.90 Å². The highest BCUT2D eigenvalue weighted by atomic mass is 19.1. The van der Waals surface area contributed by atoms with Crippen LogP contribution in [0.4, 0.5) is 8.78 Å². The van der Waals surface area contributed by atoms with Crippen molar-refractivity contribution in [2.45, 2.75) is 53.9 Å². The van der Waals surface area contributed by atoms with Crippen LogP contribution in [0.15, 0.2) is 76.7 Å². The molecule has 9 heteroatoms. The van der Waals surface area contributed by atoms with Crippen LogP contribution in [0, 0.1) is 23.5 Å². The lowest BCUT2D eigenvalue weighted by atomic mass is 9.88. The Kier molecular flexibility index (Phi) is 12.1. The highest BCUT2D eigenvalue weighted by Crippen LogP contribution is 2.33. The van der Waals surface area contributed by atoms with Gasteiger partial charge in [0.15, 0.2) is 5.82 Å². The number of likely N-dealkylation sites (N-methyl/N-ethyl adjacent to an activating group) is 1. The molecule has 1 aliphatic rings. The maximum atomic E-state index is 14.6. The molecule has 1 aliphatic carbocycles. The van der Waals surface area contributed by atoms with Crippen molar-refractivity contribution in [2.75, 3.05) is 19.6 Å². The van der Waals surface area contributed by atoms with E-state index in [2.05, 4.69) is 38.4 Å². The zero-order chi connectivity index (χ0) is 29.8. The minimum Gasteiger partial charge on any atom is -0.335 e. The van der Waals surface area contributed by atoms with Crippen molar-refractivity contribution in [3.8, 4) is 11.4 Å². The number of aromatic amines is 1. The van der Waals surface area contributed by atoms with Crippen LogP contribution in [0.5, 0.6) is 0 Å². The van der Waals surface area contributed by atoms with Crippen LogP contribution < -0.4 is 0 Å². The summed E-state index contributed by atoms with van der Waals surface area (Å²) in [5.41, 5.74) is 2.73. The van der Waals surface area contributed by atoms with Gasteiger partial charge in [-0.3, -0.25) is 9.89 Å². The molecule has 0 radical (unpaired) electrons. The van der Waals surface area contributed by atoms with Gasteiger partial charge in [-0.25, -0.2) is 13.8 Å². The minimum atomic E-state index is -0.653. The second-order valence-corrected chi connectivity index (χ2v) is 9.71. The Hall–Kier alpha value is -4.01. The van der Waals surface area contributed by atoms with E-state index in [1.54, 1.807) is 12.1 Å². The molecule has 220 valence electrons. The lowest BCUT2D eigenvalue weighted by molar-refractivity contribution is 0.0777. The third kappa shape index (κ3) is 8.25. The molecule has 1 aromatic heterocycles. The Bertz CT molecular complexity index is 1340. The Labute approximate surface area is 243 Å². The van der Waals surface area contributed by atoms with E-state index in [4.69, 9.17) is 0 Å². The SMILES string of the molecule is CC.CCN=N/C(=C\[C@@H]1CC=C(CN(CC)C(=O)c2ccc(-c3ncn[nH]3)cc2)CCC1C)c1c(F)cccc1F.[HH]. The van der Waals surface area contributed by atoms with Crippen LogP contribution in [-0.4, -0.2) is 45.6 Å². The number of nitrogens with one attached hydrogen (secondary N) is 1. The Morgan fingerprint density at radius 3 is 2.46 bits per heavy atom. The largest absolute Gasteiger partial charge is 0.335 e. The molecule has 4 rings (SSSR count). The van der Waals surface area contributed by atoms with Crippen LogP contribution in [0.1, 0.15) is 71.2 Å². The Morgan fingerprint density at radius 2 is 1.85 bits per heavy atom. The van der Waals surface area contributed by atoms with E-state index in [0.29, 0.717) is 37.4 Å². The van der Waals surface area contributed by atoms with Crippen molar-refractivity contribution in [3.63, 3.8) is 0 Å².